The lowest BCUT2D eigenvalue weighted by molar-refractivity contribution is -0.137. The third kappa shape index (κ3) is 5.27. The lowest BCUT2D eigenvalue weighted by Gasteiger charge is -2.09. The van der Waals surface area contributed by atoms with Crippen LogP contribution in [0, 0.1) is 0 Å². The van der Waals surface area contributed by atoms with Crippen molar-refractivity contribution in [3.05, 3.63) is 28.8 Å². The predicted molar refractivity (Wildman–Crippen MR) is 74.7 cm³/mol. The molecule has 6 nitrogen and oxygen atoms in total. The van der Waals surface area contributed by atoms with Crippen molar-refractivity contribution in [1.29, 1.82) is 0 Å². The highest BCUT2D eigenvalue weighted by Gasteiger charge is 2.11. The van der Waals surface area contributed by atoms with Crippen molar-refractivity contribution >= 4 is 35.1 Å². The van der Waals surface area contributed by atoms with Crippen molar-refractivity contribution in [2.24, 2.45) is 5.73 Å². The van der Waals surface area contributed by atoms with Gasteiger partial charge < -0.3 is 16.2 Å². The van der Waals surface area contributed by atoms with Crippen LogP contribution in [-0.4, -0.2) is 22.9 Å². The van der Waals surface area contributed by atoms with Gasteiger partial charge >= 0.3 is 5.97 Å². The van der Waals surface area contributed by atoms with Gasteiger partial charge in [-0.1, -0.05) is 11.6 Å². The molecule has 0 saturated carbocycles. The molecule has 0 atom stereocenters. The molecule has 4 N–H and O–H groups in total. The van der Waals surface area contributed by atoms with E-state index in [1.54, 1.807) is 0 Å². The Morgan fingerprint density at radius 1 is 1.20 bits per heavy atom. The van der Waals surface area contributed by atoms with Crippen LogP contribution in [0.3, 0.4) is 0 Å². The second kappa shape index (κ2) is 7.49. The normalized spacial score (nSPS) is 10.1. The molecule has 0 heterocycles. The maximum Gasteiger partial charge on any atom is 0.303 e. The monoisotopic (exact) mass is 298 g/mol. The standard InChI is InChI=1S/C13H15ClN2O4/c14-8-5-6-10(9(7-8)13(15)20)16-11(17)3-1-2-4-12(18)19/h5-7H,1-4H2,(H2,15,20)(H,16,17)(H,18,19). The SMILES string of the molecule is NC(=O)c1cc(Cl)ccc1NC(=O)CCCCC(=O)O. The first-order valence-electron chi connectivity index (χ1n) is 6.01. The number of benzene rings is 1. The zero-order valence-corrected chi connectivity index (χ0v) is 11.4. The molecular weight excluding hydrogens is 284 g/mol. The number of nitrogens with one attached hydrogen (secondary N) is 1. The molecule has 0 radical (unpaired) electrons. The first-order valence-corrected chi connectivity index (χ1v) is 6.39. The second-order valence-corrected chi connectivity index (χ2v) is 4.64. The quantitative estimate of drug-likeness (QED) is 0.669. The minimum absolute atomic E-state index is 0.0285. The summed E-state index contributed by atoms with van der Waals surface area (Å²) in [4.78, 5) is 33.2. The van der Waals surface area contributed by atoms with E-state index < -0.39 is 11.9 Å². The first kappa shape index (κ1) is 16.0. The number of primary amides is 1. The molecule has 20 heavy (non-hydrogen) atoms. The molecule has 0 saturated heterocycles. The van der Waals surface area contributed by atoms with Gasteiger partial charge in [-0.05, 0) is 31.0 Å². The Morgan fingerprint density at radius 3 is 2.45 bits per heavy atom. The Labute approximate surface area is 120 Å². The number of aliphatic carboxylic acids is 1. The van der Waals surface area contributed by atoms with Gasteiger partial charge in [-0.25, -0.2) is 0 Å². The maximum atomic E-state index is 11.7. The second-order valence-electron chi connectivity index (χ2n) is 4.20. The van der Waals surface area contributed by atoms with Crippen molar-refractivity contribution in [2.45, 2.75) is 25.7 Å². The topological polar surface area (TPSA) is 109 Å². The van der Waals surface area contributed by atoms with Crippen LogP contribution < -0.4 is 11.1 Å². The molecule has 1 aromatic rings. The van der Waals surface area contributed by atoms with Gasteiger partial charge in [0.25, 0.3) is 5.91 Å². The summed E-state index contributed by atoms with van der Waals surface area (Å²) in [5.41, 5.74) is 5.63. The minimum atomic E-state index is -0.890. The van der Waals surface area contributed by atoms with Crippen molar-refractivity contribution in [3.63, 3.8) is 0 Å². The molecular formula is C13H15ClN2O4. The van der Waals surface area contributed by atoms with E-state index in [1.165, 1.54) is 18.2 Å². The van der Waals surface area contributed by atoms with Crippen LogP contribution in [0.4, 0.5) is 5.69 Å². The summed E-state index contributed by atoms with van der Waals surface area (Å²) in [5, 5.41) is 11.4. The maximum absolute atomic E-state index is 11.7. The van der Waals surface area contributed by atoms with Crippen LogP contribution in [-0.2, 0) is 9.59 Å². The summed E-state index contributed by atoms with van der Waals surface area (Å²) in [6, 6.07) is 4.41. The van der Waals surface area contributed by atoms with E-state index in [1.807, 2.05) is 0 Å². The van der Waals surface area contributed by atoms with Gasteiger partial charge in [0.05, 0.1) is 11.3 Å². The van der Waals surface area contributed by atoms with Gasteiger partial charge in [-0.2, -0.15) is 0 Å². The number of amides is 2. The molecule has 0 aliphatic heterocycles. The van der Waals surface area contributed by atoms with Crippen LogP contribution in [0.15, 0.2) is 18.2 Å². The van der Waals surface area contributed by atoms with Crippen LogP contribution in [0.25, 0.3) is 0 Å². The zero-order valence-electron chi connectivity index (χ0n) is 10.7. The van der Waals surface area contributed by atoms with E-state index in [9.17, 15) is 14.4 Å². The number of carbonyl (C=O) groups is 3. The Balaban J connectivity index is 2.57. The number of rotatable bonds is 7. The molecule has 0 aliphatic carbocycles. The van der Waals surface area contributed by atoms with Gasteiger partial charge in [0.1, 0.15) is 0 Å². The zero-order chi connectivity index (χ0) is 15.1. The summed E-state index contributed by atoms with van der Waals surface area (Å²) in [5.74, 6) is -1.88. The molecule has 0 aliphatic rings. The highest BCUT2D eigenvalue weighted by Crippen LogP contribution is 2.20. The Hall–Kier alpha value is -2.08. The number of carbonyl (C=O) groups excluding carboxylic acids is 2. The third-order valence-corrected chi connectivity index (χ3v) is 2.80. The van der Waals surface area contributed by atoms with E-state index in [0.717, 1.165) is 0 Å². The van der Waals surface area contributed by atoms with Crippen molar-refractivity contribution in [3.8, 4) is 0 Å². The van der Waals surface area contributed by atoms with E-state index in [-0.39, 0.29) is 24.3 Å². The number of halogens is 1. The highest BCUT2D eigenvalue weighted by molar-refractivity contribution is 6.31. The number of nitrogens with two attached hydrogens (primary N) is 1. The molecule has 7 heteroatoms. The molecule has 0 bridgehead atoms. The Bertz CT molecular complexity index is 531. The number of hydrogen-bond acceptors (Lipinski definition) is 3. The molecule has 0 aromatic heterocycles. The summed E-state index contributed by atoms with van der Waals surface area (Å²) < 4.78 is 0. The first-order chi connectivity index (χ1) is 9.40. The lowest BCUT2D eigenvalue weighted by atomic mass is 10.1. The van der Waals surface area contributed by atoms with Crippen LogP contribution >= 0.6 is 11.6 Å². The fourth-order valence-corrected chi connectivity index (χ4v) is 1.78. The molecule has 2 amide bonds. The van der Waals surface area contributed by atoms with Crippen molar-refractivity contribution in [1.82, 2.24) is 0 Å². The van der Waals surface area contributed by atoms with Gasteiger partial charge in [0.15, 0.2) is 0 Å². The van der Waals surface area contributed by atoms with Crippen LogP contribution in [0.1, 0.15) is 36.0 Å². The summed E-state index contributed by atoms with van der Waals surface area (Å²) >= 11 is 5.75. The van der Waals surface area contributed by atoms with Crippen LogP contribution in [0.5, 0.6) is 0 Å². The molecule has 1 aromatic carbocycles. The average Bonchev–Trinajstić information content (AvgIpc) is 2.36. The van der Waals surface area contributed by atoms with Crippen molar-refractivity contribution < 1.29 is 19.5 Å². The summed E-state index contributed by atoms with van der Waals surface area (Å²) in [7, 11) is 0. The molecule has 0 unspecified atom stereocenters. The number of hydrogen-bond donors (Lipinski definition) is 3. The lowest BCUT2D eigenvalue weighted by Crippen LogP contribution is -2.18. The predicted octanol–water partition coefficient (Wildman–Crippen LogP) is 2.02. The Kier molecular flexibility index (Phi) is 5.99. The number of carboxylic acid groups (broad SMARTS) is 1. The van der Waals surface area contributed by atoms with E-state index >= 15 is 0 Å². The fourth-order valence-electron chi connectivity index (χ4n) is 1.60. The largest absolute Gasteiger partial charge is 0.481 e. The summed E-state index contributed by atoms with van der Waals surface area (Å²) in [6.45, 7) is 0. The van der Waals surface area contributed by atoms with Crippen molar-refractivity contribution in [2.75, 3.05) is 5.32 Å². The van der Waals surface area contributed by atoms with E-state index in [4.69, 9.17) is 22.4 Å². The molecule has 0 spiro atoms. The molecule has 108 valence electrons. The summed E-state index contributed by atoms with van der Waals surface area (Å²) in [6.07, 6.45) is 1.08. The fraction of sp³-hybridized carbons (Fsp3) is 0.308. The van der Waals surface area contributed by atoms with Gasteiger partial charge in [-0.15, -0.1) is 0 Å². The Morgan fingerprint density at radius 2 is 1.85 bits per heavy atom. The van der Waals surface area contributed by atoms with Gasteiger partial charge in [0.2, 0.25) is 5.91 Å². The molecule has 0 fully saturated rings. The van der Waals surface area contributed by atoms with Gasteiger partial charge in [-0.3, -0.25) is 14.4 Å². The molecule has 1 rings (SSSR count). The minimum Gasteiger partial charge on any atom is -0.481 e. The highest BCUT2D eigenvalue weighted by atomic mass is 35.5. The average molecular weight is 299 g/mol. The smallest absolute Gasteiger partial charge is 0.303 e. The number of unbranched alkanes of at least 4 members (excludes halogenated alkanes) is 1. The third-order valence-electron chi connectivity index (χ3n) is 2.57. The van der Waals surface area contributed by atoms with E-state index in [0.29, 0.717) is 23.6 Å². The van der Waals surface area contributed by atoms with Gasteiger partial charge in [0, 0.05) is 17.9 Å². The number of anilines is 1. The van der Waals surface area contributed by atoms with E-state index in [2.05, 4.69) is 5.32 Å². The number of carboxylic acids is 1. The van der Waals surface area contributed by atoms with Crippen LogP contribution in [0.2, 0.25) is 5.02 Å².